The van der Waals surface area contributed by atoms with Gasteiger partial charge in [-0.2, -0.15) is 0 Å². The minimum absolute atomic E-state index is 0.598. The average Bonchev–Trinajstić information content (AvgIpc) is 2.33. The van der Waals surface area contributed by atoms with E-state index in [1.165, 1.54) is 0 Å². The Labute approximate surface area is 105 Å². The molecule has 0 saturated carbocycles. The van der Waals surface area contributed by atoms with Crippen LogP contribution >= 0.6 is 12.2 Å². The molecule has 0 aromatic carbocycles. The van der Waals surface area contributed by atoms with Gasteiger partial charge in [0.1, 0.15) is 10.4 Å². The van der Waals surface area contributed by atoms with Gasteiger partial charge in [-0.05, 0) is 19.9 Å². The van der Waals surface area contributed by atoms with E-state index in [4.69, 9.17) is 17.0 Å². The molecule has 0 amide bonds. The van der Waals surface area contributed by atoms with E-state index in [-0.39, 0.29) is 0 Å². The Bertz CT molecular complexity index is 580. The molecular formula is C12H13N3OS. The van der Waals surface area contributed by atoms with Gasteiger partial charge in [-0.3, -0.25) is 4.98 Å². The van der Waals surface area contributed by atoms with Crippen molar-refractivity contribution in [3.8, 4) is 17.0 Å². The highest BCUT2D eigenvalue weighted by atomic mass is 32.1. The van der Waals surface area contributed by atoms with E-state index in [0.717, 1.165) is 22.6 Å². The van der Waals surface area contributed by atoms with Gasteiger partial charge in [0.05, 0.1) is 24.8 Å². The number of hydrogen-bond donors (Lipinski definition) is 1. The first-order valence-electron chi connectivity index (χ1n) is 5.35. The summed E-state index contributed by atoms with van der Waals surface area (Å²) in [4.78, 5) is 11.3. The predicted molar refractivity (Wildman–Crippen MR) is 68.6 cm³/mol. The lowest BCUT2D eigenvalue weighted by Crippen LogP contribution is -1.95. The third-order valence-electron chi connectivity index (χ3n) is 2.40. The van der Waals surface area contributed by atoms with Gasteiger partial charge >= 0.3 is 0 Å². The number of rotatable bonds is 3. The molecule has 0 aliphatic rings. The van der Waals surface area contributed by atoms with E-state index in [1.54, 1.807) is 18.7 Å². The smallest absolute Gasteiger partial charge is 0.138 e. The second-order valence-electron chi connectivity index (χ2n) is 3.55. The van der Waals surface area contributed by atoms with Crippen LogP contribution in [0, 0.1) is 11.6 Å². The summed E-state index contributed by atoms with van der Waals surface area (Å²) in [7, 11) is 0. The van der Waals surface area contributed by atoms with E-state index in [9.17, 15) is 0 Å². The highest BCUT2D eigenvalue weighted by Gasteiger charge is 2.05. The summed E-state index contributed by atoms with van der Waals surface area (Å²) in [6.45, 7) is 4.50. The van der Waals surface area contributed by atoms with Crippen LogP contribution in [0.4, 0.5) is 0 Å². The number of aromatic amines is 1. The zero-order valence-corrected chi connectivity index (χ0v) is 10.5. The molecule has 0 atom stereocenters. The molecule has 0 unspecified atom stereocenters. The van der Waals surface area contributed by atoms with Crippen molar-refractivity contribution in [2.24, 2.45) is 0 Å². The van der Waals surface area contributed by atoms with Crippen LogP contribution < -0.4 is 4.74 Å². The van der Waals surface area contributed by atoms with Crippen molar-refractivity contribution >= 4 is 12.2 Å². The molecule has 2 heterocycles. The molecule has 5 heteroatoms. The lowest BCUT2D eigenvalue weighted by Gasteiger charge is -2.07. The van der Waals surface area contributed by atoms with Crippen LogP contribution in [0.2, 0.25) is 0 Å². The van der Waals surface area contributed by atoms with E-state index in [2.05, 4.69) is 15.0 Å². The van der Waals surface area contributed by atoms with Crippen molar-refractivity contribution in [3.05, 3.63) is 35.0 Å². The van der Waals surface area contributed by atoms with Crippen LogP contribution in [-0.4, -0.2) is 21.6 Å². The molecule has 2 aromatic rings. The molecule has 0 aliphatic carbocycles. The zero-order valence-electron chi connectivity index (χ0n) is 9.73. The Morgan fingerprint density at radius 1 is 1.41 bits per heavy atom. The van der Waals surface area contributed by atoms with Crippen LogP contribution in [0.5, 0.6) is 5.75 Å². The molecule has 0 aliphatic heterocycles. The van der Waals surface area contributed by atoms with Crippen molar-refractivity contribution in [3.63, 3.8) is 0 Å². The summed E-state index contributed by atoms with van der Waals surface area (Å²) in [5, 5.41) is 0. The fourth-order valence-electron chi connectivity index (χ4n) is 1.57. The predicted octanol–water partition coefficient (Wildman–Crippen LogP) is 2.91. The highest BCUT2D eigenvalue weighted by Crippen LogP contribution is 2.23. The topological polar surface area (TPSA) is 50.8 Å². The largest absolute Gasteiger partial charge is 0.492 e. The Balaban J connectivity index is 2.49. The number of aromatic nitrogens is 3. The normalized spacial score (nSPS) is 10.2. The van der Waals surface area contributed by atoms with Crippen molar-refractivity contribution in [2.45, 2.75) is 13.8 Å². The minimum Gasteiger partial charge on any atom is -0.492 e. The van der Waals surface area contributed by atoms with E-state index in [0.29, 0.717) is 11.2 Å². The third-order valence-corrected chi connectivity index (χ3v) is 2.81. The standard InChI is InChI=1S/C12H13N3OS/c1-3-16-10-4-9(5-13-6-10)11-8(2)12(17)15-7-14-11/h4-7H,3H2,1-2H3,(H,14,15,17). The first kappa shape index (κ1) is 11.7. The molecule has 17 heavy (non-hydrogen) atoms. The number of ether oxygens (including phenoxy) is 1. The van der Waals surface area contributed by atoms with E-state index < -0.39 is 0 Å². The van der Waals surface area contributed by atoms with E-state index >= 15 is 0 Å². The molecule has 2 aromatic heterocycles. The van der Waals surface area contributed by atoms with Gasteiger partial charge in [0.25, 0.3) is 0 Å². The first-order valence-corrected chi connectivity index (χ1v) is 5.75. The Morgan fingerprint density at radius 2 is 2.24 bits per heavy atom. The summed E-state index contributed by atoms with van der Waals surface area (Å²) in [6.07, 6.45) is 5.06. The quantitative estimate of drug-likeness (QED) is 0.847. The molecule has 0 fully saturated rings. The van der Waals surface area contributed by atoms with Gasteiger partial charge in [0.15, 0.2) is 0 Å². The van der Waals surface area contributed by atoms with Crippen LogP contribution in [0.1, 0.15) is 12.5 Å². The number of hydrogen-bond acceptors (Lipinski definition) is 4. The average molecular weight is 247 g/mol. The van der Waals surface area contributed by atoms with Gasteiger partial charge in [-0.1, -0.05) is 12.2 Å². The lowest BCUT2D eigenvalue weighted by molar-refractivity contribution is 0.339. The molecular weight excluding hydrogens is 234 g/mol. The van der Waals surface area contributed by atoms with Gasteiger partial charge in [-0.15, -0.1) is 0 Å². The van der Waals surface area contributed by atoms with Crippen LogP contribution in [0.15, 0.2) is 24.8 Å². The highest BCUT2D eigenvalue weighted by molar-refractivity contribution is 7.71. The third kappa shape index (κ3) is 2.50. The Hall–Kier alpha value is -1.75. The maximum Gasteiger partial charge on any atom is 0.138 e. The van der Waals surface area contributed by atoms with Crippen LogP contribution in [0.25, 0.3) is 11.3 Å². The van der Waals surface area contributed by atoms with Crippen LogP contribution in [-0.2, 0) is 0 Å². The molecule has 0 radical (unpaired) electrons. The molecule has 0 bridgehead atoms. The monoisotopic (exact) mass is 247 g/mol. The van der Waals surface area contributed by atoms with Crippen molar-refractivity contribution in [1.29, 1.82) is 0 Å². The van der Waals surface area contributed by atoms with Crippen molar-refractivity contribution in [2.75, 3.05) is 6.61 Å². The fourth-order valence-corrected chi connectivity index (χ4v) is 1.72. The number of H-pyrrole nitrogens is 1. The maximum atomic E-state index is 5.42. The van der Waals surface area contributed by atoms with E-state index in [1.807, 2.05) is 19.9 Å². The number of nitrogens with zero attached hydrogens (tertiary/aromatic N) is 2. The van der Waals surface area contributed by atoms with Crippen LogP contribution in [0.3, 0.4) is 0 Å². The number of nitrogens with one attached hydrogen (secondary N) is 1. The fraction of sp³-hybridized carbons (Fsp3) is 0.250. The number of pyridine rings is 1. The zero-order chi connectivity index (χ0) is 12.3. The summed E-state index contributed by atoms with van der Waals surface area (Å²) < 4.78 is 6.02. The second-order valence-corrected chi connectivity index (χ2v) is 3.94. The minimum atomic E-state index is 0.598. The molecule has 1 N–H and O–H groups in total. The molecule has 88 valence electrons. The van der Waals surface area contributed by atoms with Crippen molar-refractivity contribution in [1.82, 2.24) is 15.0 Å². The Morgan fingerprint density at radius 3 is 3.00 bits per heavy atom. The second kappa shape index (κ2) is 5.05. The molecule has 0 spiro atoms. The first-order chi connectivity index (χ1) is 8.22. The summed E-state index contributed by atoms with van der Waals surface area (Å²) in [5.41, 5.74) is 2.82. The molecule has 4 nitrogen and oxygen atoms in total. The van der Waals surface area contributed by atoms with Crippen molar-refractivity contribution < 1.29 is 4.74 Å². The summed E-state index contributed by atoms with van der Waals surface area (Å²) >= 11 is 5.14. The SMILES string of the molecule is CCOc1cncc(-c2[nH]cnc(=S)c2C)c1. The summed E-state index contributed by atoms with van der Waals surface area (Å²) in [5.74, 6) is 0.750. The molecule has 0 saturated heterocycles. The maximum absolute atomic E-state index is 5.42. The Kier molecular flexibility index (Phi) is 3.49. The molecule has 2 rings (SSSR count). The van der Waals surface area contributed by atoms with Gasteiger partial charge < -0.3 is 9.72 Å². The van der Waals surface area contributed by atoms with Gasteiger partial charge in [0, 0.05) is 17.3 Å². The summed E-state index contributed by atoms with van der Waals surface area (Å²) in [6, 6.07) is 1.93. The van der Waals surface area contributed by atoms with Gasteiger partial charge in [-0.25, -0.2) is 4.98 Å². The van der Waals surface area contributed by atoms with Gasteiger partial charge in [0.2, 0.25) is 0 Å². The lowest BCUT2D eigenvalue weighted by atomic mass is 10.1.